The number of nitrogens with zero attached hydrogens (tertiary/aromatic N) is 1. The van der Waals surface area contributed by atoms with Crippen LogP contribution in [0, 0.1) is 17.8 Å². The molecule has 3 aliphatic carbocycles. The maximum absolute atomic E-state index is 3.88. The highest BCUT2D eigenvalue weighted by Gasteiger charge is 2.40. The first kappa shape index (κ1) is 13.9. The van der Waals surface area contributed by atoms with Crippen LogP contribution in [0.2, 0.25) is 0 Å². The van der Waals surface area contributed by atoms with E-state index in [0.717, 1.165) is 29.8 Å². The second-order valence-electron chi connectivity index (χ2n) is 7.56. The van der Waals surface area contributed by atoms with Gasteiger partial charge in [-0.1, -0.05) is 19.8 Å². The van der Waals surface area contributed by atoms with Gasteiger partial charge in [0.25, 0.3) is 0 Å². The zero-order chi connectivity index (χ0) is 13.2. The lowest BCUT2D eigenvalue weighted by Gasteiger charge is -2.34. The highest BCUT2D eigenvalue weighted by atomic mass is 15.1. The van der Waals surface area contributed by atoms with Crippen LogP contribution in [0.25, 0.3) is 0 Å². The van der Waals surface area contributed by atoms with Crippen LogP contribution in [0.5, 0.6) is 0 Å². The molecule has 0 amide bonds. The van der Waals surface area contributed by atoms with Crippen molar-refractivity contribution in [1.82, 2.24) is 10.2 Å². The number of hydrogen-bond acceptors (Lipinski definition) is 2. The van der Waals surface area contributed by atoms with E-state index in [4.69, 9.17) is 0 Å². The van der Waals surface area contributed by atoms with Gasteiger partial charge in [0, 0.05) is 25.2 Å². The molecule has 3 aliphatic rings. The average Bonchev–Trinajstić information content (AvgIpc) is 3.28. The molecule has 1 N–H and O–H groups in total. The minimum absolute atomic E-state index is 0.853. The van der Waals surface area contributed by atoms with Gasteiger partial charge < -0.3 is 10.2 Å². The molecular weight excluding hydrogens is 232 g/mol. The number of likely N-dealkylation sites (N-methyl/N-ethyl adjacent to an activating group) is 1. The van der Waals surface area contributed by atoms with E-state index < -0.39 is 0 Å². The Kier molecular flexibility index (Phi) is 4.48. The quantitative estimate of drug-likeness (QED) is 0.759. The van der Waals surface area contributed by atoms with E-state index in [2.05, 4.69) is 24.2 Å². The van der Waals surface area contributed by atoms with Crippen LogP contribution in [-0.4, -0.2) is 37.1 Å². The molecule has 0 aromatic heterocycles. The van der Waals surface area contributed by atoms with Gasteiger partial charge in [-0.25, -0.2) is 0 Å². The first-order chi connectivity index (χ1) is 9.24. The number of nitrogens with one attached hydrogen (secondary N) is 1. The molecule has 2 unspecified atom stereocenters. The van der Waals surface area contributed by atoms with Crippen molar-refractivity contribution >= 4 is 0 Å². The summed E-state index contributed by atoms with van der Waals surface area (Å²) in [5.74, 6) is 3.01. The van der Waals surface area contributed by atoms with Crippen LogP contribution in [0.4, 0.5) is 0 Å². The van der Waals surface area contributed by atoms with Gasteiger partial charge in [0.05, 0.1) is 0 Å². The van der Waals surface area contributed by atoms with Crippen LogP contribution >= 0.6 is 0 Å². The van der Waals surface area contributed by atoms with E-state index >= 15 is 0 Å². The summed E-state index contributed by atoms with van der Waals surface area (Å²) in [5, 5.41) is 3.88. The number of hydrogen-bond donors (Lipinski definition) is 1. The van der Waals surface area contributed by atoms with E-state index in [-0.39, 0.29) is 0 Å². The molecule has 0 spiro atoms. The molecule has 2 nitrogen and oxygen atoms in total. The predicted octanol–water partition coefficient (Wildman–Crippen LogP) is 3.28. The first-order valence-electron chi connectivity index (χ1n) is 8.67. The lowest BCUT2D eigenvalue weighted by molar-refractivity contribution is 0.162. The Hall–Kier alpha value is -0.0800. The average molecular weight is 264 g/mol. The SMILES string of the molecule is CC1CCCC(N(C)CCNC(C2CC2)C2CC2)C1. The van der Waals surface area contributed by atoms with Crippen molar-refractivity contribution in [2.45, 2.75) is 70.4 Å². The fourth-order valence-corrected chi connectivity index (χ4v) is 4.02. The zero-order valence-corrected chi connectivity index (χ0v) is 12.9. The topological polar surface area (TPSA) is 15.3 Å². The molecule has 110 valence electrons. The minimum atomic E-state index is 0.853. The van der Waals surface area contributed by atoms with Gasteiger partial charge in [0.15, 0.2) is 0 Å². The first-order valence-corrected chi connectivity index (χ1v) is 8.67. The standard InChI is InChI=1S/C17H32N2/c1-13-4-3-5-16(12-13)19(2)11-10-18-17(14-6-7-14)15-8-9-15/h13-18H,3-12H2,1-2H3. The summed E-state index contributed by atoms with van der Waals surface area (Å²) < 4.78 is 0. The molecule has 3 rings (SSSR count). The normalized spacial score (nSPS) is 32.2. The monoisotopic (exact) mass is 264 g/mol. The molecule has 3 saturated carbocycles. The van der Waals surface area contributed by atoms with E-state index in [1.807, 2.05) is 0 Å². The van der Waals surface area contributed by atoms with Crippen LogP contribution in [0.1, 0.15) is 58.3 Å². The van der Waals surface area contributed by atoms with Crippen molar-refractivity contribution in [2.24, 2.45) is 17.8 Å². The Bertz CT molecular complexity index is 271. The van der Waals surface area contributed by atoms with Crippen LogP contribution in [0.15, 0.2) is 0 Å². The smallest absolute Gasteiger partial charge is 0.0124 e. The molecule has 2 atom stereocenters. The van der Waals surface area contributed by atoms with Crippen molar-refractivity contribution in [3.8, 4) is 0 Å². The summed E-state index contributed by atoms with van der Waals surface area (Å²) in [6, 6.07) is 1.73. The number of rotatable bonds is 7. The summed E-state index contributed by atoms with van der Waals surface area (Å²) in [6.45, 7) is 4.88. The summed E-state index contributed by atoms with van der Waals surface area (Å²) in [7, 11) is 2.34. The zero-order valence-electron chi connectivity index (χ0n) is 12.9. The lowest BCUT2D eigenvalue weighted by atomic mass is 9.86. The second-order valence-corrected chi connectivity index (χ2v) is 7.56. The van der Waals surface area contributed by atoms with Crippen LogP contribution < -0.4 is 5.32 Å². The largest absolute Gasteiger partial charge is 0.312 e. The van der Waals surface area contributed by atoms with E-state index in [1.165, 1.54) is 64.5 Å². The summed E-state index contributed by atoms with van der Waals surface area (Å²) in [4.78, 5) is 2.62. The van der Waals surface area contributed by atoms with E-state index in [9.17, 15) is 0 Å². The molecule has 0 radical (unpaired) electrons. The Morgan fingerprint density at radius 3 is 2.32 bits per heavy atom. The molecule has 3 fully saturated rings. The van der Waals surface area contributed by atoms with Crippen LogP contribution in [0.3, 0.4) is 0 Å². The van der Waals surface area contributed by atoms with Crippen LogP contribution in [-0.2, 0) is 0 Å². The molecule has 0 heterocycles. The van der Waals surface area contributed by atoms with Gasteiger partial charge in [-0.05, 0) is 63.3 Å². The van der Waals surface area contributed by atoms with Crippen molar-refractivity contribution in [1.29, 1.82) is 0 Å². The maximum Gasteiger partial charge on any atom is 0.0124 e. The third-order valence-electron chi connectivity index (χ3n) is 5.64. The summed E-state index contributed by atoms with van der Waals surface area (Å²) >= 11 is 0. The van der Waals surface area contributed by atoms with Gasteiger partial charge >= 0.3 is 0 Å². The Morgan fingerprint density at radius 2 is 1.74 bits per heavy atom. The van der Waals surface area contributed by atoms with Gasteiger partial charge in [-0.2, -0.15) is 0 Å². The van der Waals surface area contributed by atoms with Gasteiger partial charge in [0.2, 0.25) is 0 Å². The molecule has 0 bridgehead atoms. The van der Waals surface area contributed by atoms with E-state index in [0.29, 0.717) is 0 Å². The highest BCUT2D eigenvalue weighted by Crippen LogP contribution is 2.44. The Labute approximate surface area is 119 Å². The molecule has 0 aliphatic heterocycles. The Morgan fingerprint density at radius 1 is 1.05 bits per heavy atom. The van der Waals surface area contributed by atoms with Crippen molar-refractivity contribution in [3.63, 3.8) is 0 Å². The van der Waals surface area contributed by atoms with Crippen molar-refractivity contribution in [2.75, 3.05) is 20.1 Å². The van der Waals surface area contributed by atoms with Crippen molar-refractivity contribution < 1.29 is 0 Å². The van der Waals surface area contributed by atoms with Crippen molar-refractivity contribution in [3.05, 3.63) is 0 Å². The third kappa shape index (κ3) is 3.95. The lowest BCUT2D eigenvalue weighted by Crippen LogP contribution is -2.42. The maximum atomic E-state index is 3.88. The molecule has 2 heteroatoms. The highest BCUT2D eigenvalue weighted by molar-refractivity contribution is 4.96. The fraction of sp³-hybridized carbons (Fsp3) is 1.00. The Balaban J connectivity index is 1.36. The fourth-order valence-electron chi connectivity index (χ4n) is 4.02. The molecule has 19 heavy (non-hydrogen) atoms. The second kappa shape index (κ2) is 6.13. The summed E-state index contributed by atoms with van der Waals surface area (Å²) in [5.41, 5.74) is 0. The minimum Gasteiger partial charge on any atom is -0.312 e. The predicted molar refractivity (Wildman–Crippen MR) is 81.3 cm³/mol. The van der Waals surface area contributed by atoms with Gasteiger partial charge in [-0.3, -0.25) is 0 Å². The molecule has 0 saturated heterocycles. The summed E-state index contributed by atoms with van der Waals surface area (Å²) in [6.07, 6.45) is 11.7. The molecule has 0 aromatic rings. The van der Waals surface area contributed by atoms with E-state index in [1.54, 1.807) is 0 Å². The molecule has 0 aromatic carbocycles. The third-order valence-corrected chi connectivity index (χ3v) is 5.64. The van der Waals surface area contributed by atoms with Gasteiger partial charge in [-0.15, -0.1) is 0 Å². The van der Waals surface area contributed by atoms with Gasteiger partial charge in [0.1, 0.15) is 0 Å². The molecular formula is C17H32N2.